The van der Waals surface area contributed by atoms with Crippen molar-refractivity contribution in [3.8, 4) is 11.8 Å². The molecule has 1 heteroatoms. The largest absolute Gasteiger partial charge is 0.206 e. The van der Waals surface area contributed by atoms with Crippen molar-refractivity contribution in [1.82, 2.24) is 0 Å². The molecule has 0 spiro atoms. The van der Waals surface area contributed by atoms with Crippen LogP contribution in [0.4, 0.5) is 4.39 Å². The number of rotatable bonds is 0. The summed E-state index contributed by atoms with van der Waals surface area (Å²) in [6.07, 6.45) is 0. The quantitative estimate of drug-likeness (QED) is 0.567. The van der Waals surface area contributed by atoms with Crippen LogP contribution in [0.3, 0.4) is 0 Å². The number of benzene rings is 2. The highest BCUT2D eigenvalue weighted by Gasteiger charge is 1.94. The highest BCUT2D eigenvalue weighted by molar-refractivity contribution is 5.42. The number of hydrogen-bond donors (Lipinski definition) is 0. The predicted octanol–water partition coefficient (Wildman–Crippen LogP) is 3.23. The fourth-order valence-electron chi connectivity index (χ4n) is 1.22. The fourth-order valence-corrected chi connectivity index (χ4v) is 1.22. The first-order valence-electron chi connectivity index (χ1n) is 4.68. The minimum atomic E-state index is -0.277. The molecule has 0 radical (unpaired) electrons. The highest BCUT2D eigenvalue weighted by Crippen LogP contribution is 2.04. The number of hydrogen-bond acceptors (Lipinski definition) is 0. The Morgan fingerprint density at radius 1 is 0.733 bits per heavy atom. The lowest BCUT2D eigenvalue weighted by molar-refractivity contribution is 0.624. The first kappa shape index (κ1) is 9.48. The molecule has 0 saturated carbocycles. The van der Waals surface area contributed by atoms with Crippen LogP contribution in [0.2, 0.25) is 0 Å². The molecule has 0 aliphatic heterocycles. The maximum absolute atomic E-state index is 13.2. The summed E-state index contributed by atoms with van der Waals surface area (Å²) in [6.45, 7) is 0. The van der Waals surface area contributed by atoms with Crippen LogP contribution in [0.1, 0.15) is 11.1 Å². The molecule has 0 heterocycles. The maximum atomic E-state index is 13.2. The van der Waals surface area contributed by atoms with Crippen LogP contribution >= 0.6 is 0 Å². The Balaban J connectivity index is 2.31. The second-order valence-corrected chi connectivity index (χ2v) is 3.10. The summed E-state index contributed by atoms with van der Waals surface area (Å²) in [4.78, 5) is 0. The van der Waals surface area contributed by atoms with E-state index in [1.54, 1.807) is 18.2 Å². The Labute approximate surface area is 88.4 Å². The van der Waals surface area contributed by atoms with Gasteiger partial charge in [-0.2, -0.15) is 0 Å². The van der Waals surface area contributed by atoms with Crippen molar-refractivity contribution in [2.45, 2.75) is 0 Å². The smallest absolute Gasteiger partial charge is 0.138 e. The van der Waals surface area contributed by atoms with Gasteiger partial charge in [-0.25, -0.2) is 4.39 Å². The molecule has 0 fully saturated rings. The lowest BCUT2D eigenvalue weighted by atomic mass is 10.2. The Bertz CT molecular complexity index is 504. The Morgan fingerprint density at radius 3 is 2.13 bits per heavy atom. The highest BCUT2D eigenvalue weighted by atomic mass is 19.1. The molecule has 0 aliphatic rings. The van der Waals surface area contributed by atoms with Crippen molar-refractivity contribution in [2.75, 3.05) is 0 Å². The molecule has 2 aromatic rings. The Kier molecular flexibility index (Phi) is 2.80. The maximum Gasteiger partial charge on any atom is 0.138 e. The molecule has 72 valence electrons. The van der Waals surface area contributed by atoms with Gasteiger partial charge >= 0.3 is 0 Å². The zero-order valence-corrected chi connectivity index (χ0v) is 8.07. The Hall–Kier alpha value is -2.07. The third-order valence-corrected chi connectivity index (χ3v) is 1.99. The molecule has 15 heavy (non-hydrogen) atoms. The second-order valence-electron chi connectivity index (χ2n) is 3.10. The lowest BCUT2D eigenvalue weighted by Gasteiger charge is -1.91. The van der Waals surface area contributed by atoms with Crippen LogP contribution < -0.4 is 0 Å². The normalized spacial score (nSPS) is 9.13. The molecule has 0 unspecified atom stereocenters. The van der Waals surface area contributed by atoms with E-state index in [-0.39, 0.29) is 5.82 Å². The van der Waals surface area contributed by atoms with Gasteiger partial charge in [0.1, 0.15) is 5.82 Å². The van der Waals surface area contributed by atoms with Gasteiger partial charge in [0.05, 0.1) is 5.56 Å². The molecular weight excluding hydrogens is 187 g/mol. The Morgan fingerprint density at radius 2 is 1.40 bits per heavy atom. The second kappa shape index (κ2) is 4.43. The third kappa shape index (κ3) is 2.45. The summed E-state index contributed by atoms with van der Waals surface area (Å²) in [5.41, 5.74) is 1.32. The van der Waals surface area contributed by atoms with Gasteiger partial charge in [0.25, 0.3) is 0 Å². The van der Waals surface area contributed by atoms with E-state index in [0.717, 1.165) is 5.56 Å². The van der Waals surface area contributed by atoms with Crippen molar-refractivity contribution in [3.05, 3.63) is 71.5 Å². The fraction of sp³-hybridized carbons (Fsp3) is 0. The molecule has 2 rings (SSSR count). The van der Waals surface area contributed by atoms with E-state index >= 15 is 0 Å². The van der Waals surface area contributed by atoms with Crippen molar-refractivity contribution < 1.29 is 4.39 Å². The van der Waals surface area contributed by atoms with Crippen LogP contribution in [0.25, 0.3) is 0 Å². The van der Waals surface area contributed by atoms with Crippen LogP contribution in [-0.4, -0.2) is 0 Å². The van der Waals surface area contributed by atoms with Gasteiger partial charge in [0.2, 0.25) is 0 Å². The van der Waals surface area contributed by atoms with E-state index in [9.17, 15) is 4.39 Å². The summed E-state index contributed by atoms with van der Waals surface area (Å²) in [6, 6.07) is 16.0. The van der Waals surface area contributed by atoms with E-state index < -0.39 is 0 Å². The summed E-state index contributed by atoms with van der Waals surface area (Å²) in [5, 5.41) is 0. The molecular formula is C14H9F. The van der Waals surface area contributed by atoms with Gasteiger partial charge in [0.15, 0.2) is 0 Å². The summed E-state index contributed by atoms with van der Waals surface area (Å²) >= 11 is 0. The van der Waals surface area contributed by atoms with Crippen LogP contribution in [0.5, 0.6) is 0 Å². The molecule has 0 bridgehead atoms. The SMILES string of the molecule is Fc1ccccc1C#Cc1ccccc1. The van der Waals surface area contributed by atoms with E-state index in [0.29, 0.717) is 5.56 Å². The molecule has 0 atom stereocenters. The molecule has 0 saturated heterocycles. The average molecular weight is 196 g/mol. The number of halogens is 1. The topological polar surface area (TPSA) is 0 Å². The molecule has 0 aliphatic carbocycles. The zero-order chi connectivity index (χ0) is 10.5. The molecule has 0 N–H and O–H groups in total. The standard InChI is InChI=1S/C14H9F/c15-14-9-5-4-8-13(14)11-10-12-6-2-1-3-7-12/h1-9H. The lowest BCUT2D eigenvalue weighted by Crippen LogP contribution is -1.81. The molecule has 0 amide bonds. The molecule has 0 nitrogen and oxygen atoms in total. The van der Waals surface area contributed by atoms with E-state index in [1.807, 2.05) is 30.3 Å². The van der Waals surface area contributed by atoms with E-state index in [4.69, 9.17) is 0 Å². The molecule has 0 aromatic heterocycles. The van der Waals surface area contributed by atoms with E-state index in [2.05, 4.69) is 11.8 Å². The van der Waals surface area contributed by atoms with Gasteiger partial charge in [-0.3, -0.25) is 0 Å². The van der Waals surface area contributed by atoms with Crippen molar-refractivity contribution in [1.29, 1.82) is 0 Å². The zero-order valence-electron chi connectivity index (χ0n) is 8.07. The predicted molar refractivity (Wildman–Crippen MR) is 58.8 cm³/mol. The van der Waals surface area contributed by atoms with Crippen molar-refractivity contribution >= 4 is 0 Å². The van der Waals surface area contributed by atoms with Crippen LogP contribution in [0, 0.1) is 17.7 Å². The minimum absolute atomic E-state index is 0.277. The summed E-state index contributed by atoms with van der Waals surface area (Å²) < 4.78 is 13.2. The van der Waals surface area contributed by atoms with Gasteiger partial charge in [-0.05, 0) is 24.3 Å². The van der Waals surface area contributed by atoms with Gasteiger partial charge in [-0.15, -0.1) is 0 Å². The summed E-state index contributed by atoms with van der Waals surface area (Å²) in [7, 11) is 0. The van der Waals surface area contributed by atoms with Gasteiger partial charge < -0.3 is 0 Å². The minimum Gasteiger partial charge on any atom is -0.206 e. The van der Waals surface area contributed by atoms with Crippen molar-refractivity contribution in [2.24, 2.45) is 0 Å². The third-order valence-electron chi connectivity index (χ3n) is 1.99. The molecule has 2 aromatic carbocycles. The van der Waals surface area contributed by atoms with Crippen LogP contribution in [0.15, 0.2) is 54.6 Å². The van der Waals surface area contributed by atoms with Gasteiger partial charge in [-0.1, -0.05) is 42.2 Å². The monoisotopic (exact) mass is 196 g/mol. The summed E-state index contributed by atoms with van der Waals surface area (Å²) in [5.74, 6) is 5.44. The first-order chi connectivity index (χ1) is 7.36. The van der Waals surface area contributed by atoms with Crippen molar-refractivity contribution in [3.63, 3.8) is 0 Å². The van der Waals surface area contributed by atoms with E-state index in [1.165, 1.54) is 6.07 Å². The first-order valence-corrected chi connectivity index (χ1v) is 4.68. The van der Waals surface area contributed by atoms with Crippen LogP contribution in [-0.2, 0) is 0 Å². The van der Waals surface area contributed by atoms with Gasteiger partial charge in [0, 0.05) is 5.56 Å². The average Bonchev–Trinajstić information content (AvgIpc) is 2.29.